The van der Waals surface area contributed by atoms with E-state index in [2.05, 4.69) is 32.1 Å². The molecule has 0 spiro atoms. The average molecular weight is 435 g/mol. The molecule has 0 radical (unpaired) electrons. The SMILES string of the molecule is CCC1CC2C(COC(O)C(F)(F)S(=O)(=O)O)CCCC2(C2=CCC(C)C=C2)C1. The third kappa shape index (κ3) is 4.31. The maximum Gasteiger partial charge on any atom is 0.418 e. The normalized spacial score (nSPS) is 36.6. The first-order valence-electron chi connectivity index (χ1n) is 10.5. The molecule has 6 atom stereocenters. The minimum Gasteiger partial charge on any atom is -0.362 e. The molecule has 0 amide bonds. The minimum atomic E-state index is -5.75. The zero-order chi connectivity index (χ0) is 21.4. The Hall–Kier alpha value is -0.830. The standard InChI is InChI=1S/C21H32F2O5S/c1-3-15-11-18-16(13-28-19(24)21(22,23)29(25,26)27)5-4-10-20(18,12-15)17-8-6-14(2)7-9-17/h6,8-9,14-16,18-19,24H,3-5,7,10-13H2,1-2H3,(H,25,26,27). The maximum atomic E-state index is 13.6. The van der Waals surface area contributed by atoms with Crippen molar-refractivity contribution in [2.24, 2.45) is 29.1 Å². The van der Waals surface area contributed by atoms with E-state index in [1.54, 1.807) is 0 Å². The summed E-state index contributed by atoms with van der Waals surface area (Å²) in [7, 11) is -5.75. The highest BCUT2D eigenvalue weighted by Crippen LogP contribution is 2.61. The topological polar surface area (TPSA) is 83.8 Å². The van der Waals surface area contributed by atoms with Crippen LogP contribution < -0.4 is 0 Å². The molecule has 3 aliphatic carbocycles. The molecule has 0 aliphatic heterocycles. The fraction of sp³-hybridized carbons (Fsp3) is 0.810. The summed E-state index contributed by atoms with van der Waals surface area (Å²) < 4.78 is 62.6. The third-order valence-corrected chi connectivity index (χ3v) is 8.17. The van der Waals surface area contributed by atoms with Crippen molar-refractivity contribution in [3.8, 4) is 0 Å². The van der Waals surface area contributed by atoms with E-state index < -0.39 is 21.7 Å². The van der Waals surface area contributed by atoms with E-state index in [0.717, 1.165) is 44.9 Å². The summed E-state index contributed by atoms with van der Waals surface area (Å²) in [5, 5.41) is 4.85. The molecule has 29 heavy (non-hydrogen) atoms. The van der Waals surface area contributed by atoms with Gasteiger partial charge >= 0.3 is 15.4 Å². The number of hydrogen-bond donors (Lipinski definition) is 2. The molecule has 0 heterocycles. The van der Waals surface area contributed by atoms with E-state index in [9.17, 15) is 22.3 Å². The van der Waals surface area contributed by atoms with Gasteiger partial charge in [-0.1, -0.05) is 44.9 Å². The Morgan fingerprint density at radius 1 is 1.41 bits per heavy atom. The van der Waals surface area contributed by atoms with E-state index in [4.69, 9.17) is 9.29 Å². The van der Waals surface area contributed by atoms with Gasteiger partial charge in [-0.15, -0.1) is 0 Å². The summed E-state index contributed by atoms with van der Waals surface area (Å²) in [6, 6.07) is 0. The van der Waals surface area contributed by atoms with Gasteiger partial charge in [0.25, 0.3) is 0 Å². The number of allylic oxidation sites excluding steroid dienone is 4. The zero-order valence-electron chi connectivity index (χ0n) is 17.1. The second kappa shape index (κ2) is 8.36. The van der Waals surface area contributed by atoms with Crippen LogP contribution >= 0.6 is 0 Å². The minimum absolute atomic E-state index is 0.000118. The van der Waals surface area contributed by atoms with Gasteiger partial charge in [0.2, 0.25) is 6.29 Å². The van der Waals surface area contributed by atoms with Crippen LogP contribution in [-0.2, 0) is 14.9 Å². The van der Waals surface area contributed by atoms with Crippen LogP contribution in [-0.4, -0.2) is 36.2 Å². The summed E-state index contributed by atoms with van der Waals surface area (Å²) >= 11 is 0. The molecule has 0 aromatic rings. The van der Waals surface area contributed by atoms with Crippen molar-refractivity contribution in [2.45, 2.75) is 70.3 Å². The summed E-state index contributed by atoms with van der Waals surface area (Å²) in [6.07, 6.45) is 10.8. The first-order valence-corrected chi connectivity index (χ1v) is 12.0. The van der Waals surface area contributed by atoms with Crippen LogP contribution in [0.3, 0.4) is 0 Å². The molecule has 5 nitrogen and oxygen atoms in total. The van der Waals surface area contributed by atoms with E-state index in [1.165, 1.54) is 5.57 Å². The number of aliphatic hydroxyl groups excluding tert-OH is 1. The third-order valence-electron chi connectivity index (χ3n) is 7.28. The van der Waals surface area contributed by atoms with Crippen molar-refractivity contribution in [3.05, 3.63) is 23.8 Å². The number of fused-ring (bicyclic) bond motifs is 1. The fourth-order valence-corrected chi connectivity index (χ4v) is 5.99. The molecule has 3 aliphatic rings. The lowest BCUT2D eigenvalue weighted by Crippen LogP contribution is -2.45. The Balaban J connectivity index is 1.78. The van der Waals surface area contributed by atoms with Gasteiger partial charge in [-0.2, -0.15) is 17.2 Å². The molecule has 0 bridgehead atoms. The summed E-state index contributed by atoms with van der Waals surface area (Å²) in [6.45, 7) is 4.20. The molecule has 6 unspecified atom stereocenters. The van der Waals surface area contributed by atoms with E-state index >= 15 is 0 Å². The first kappa shape index (κ1) is 22.8. The number of aliphatic hydroxyl groups is 1. The molecule has 8 heteroatoms. The Morgan fingerprint density at radius 2 is 2.14 bits per heavy atom. The molecule has 2 saturated carbocycles. The lowest BCUT2D eigenvalue weighted by molar-refractivity contribution is -0.207. The monoisotopic (exact) mass is 434 g/mol. The highest BCUT2D eigenvalue weighted by atomic mass is 32.2. The first-order chi connectivity index (χ1) is 13.5. The lowest BCUT2D eigenvalue weighted by atomic mass is 9.59. The number of alkyl halides is 2. The lowest BCUT2D eigenvalue weighted by Gasteiger charge is -2.46. The van der Waals surface area contributed by atoms with Crippen molar-refractivity contribution in [1.82, 2.24) is 0 Å². The predicted molar refractivity (Wildman–Crippen MR) is 106 cm³/mol. The number of halogens is 2. The molecule has 166 valence electrons. The van der Waals surface area contributed by atoms with Gasteiger partial charge in [-0.3, -0.25) is 4.55 Å². The largest absolute Gasteiger partial charge is 0.418 e. The van der Waals surface area contributed by atoms with Crippen LogP contribution in [0.2, 0.25) is 0 Å². The Labute approximate surface area is 172 Å². The van der Waals surface area contributed by atoms with Crippen LogP contribution in [0.4, 0.5) is 8.78 Å². The number of hydrogen-bond acceptors (Lipinski definition) is 4. The van der Waals surface area contributed by atoms with Crippen LogP contribution in [0, 0.1) is 29.1 Å². The van der Waals surface area contributed by atoms with Gasteiger partial charge in [0.05, 0.1) is 6.61 Å². The van der Waals surface area contributed by atoms with Crippen molar-refractivity contribution in [2.75, 3.05) is 6.61 Å². The number of ether oxygens (including phenoxy) is 1. The quantitative estimate of drug-likeness (QED) is 0.454. The second-order valence-corrected chi connectivity index (χ2v) is 10.6. The van der Waals surface area contributed by atoms with Crippen LogP contribution in [0.15, 0.2) is 23.8 Å². The summed E-state index contributed by atoms with van der Waals surface area (Å²) in [4.78, 5) is 0. The van der Waals surface area contributed by atoms with Crippen molar-refractivity contribution in [1.29, 1.82) is 0 Å². The van der Waals surface area contributed by atoms with Crippen molar-refractivity contribution < 1.29 is 31.6 Å². The molecular weight excluding hydrogens is 402 g/mol. The van der Waals surface area contributed by atoms with Gasteiger partial charge in [-0.25, -0.2) is 0 Å². The molecule has 0 saturated heterocycles. The van der Waals surface area contributed by atoms with Gasteiger partial charge in [0.15, 0.2) is 0 Å². The average Bonchev–Trinajstić information content (AvgIpc) is 3.06. The molecule has 0 aromatic heterocycles. The van der Waals surface area contributed by atoms with Crippen LogP contribution in [0.25, 0.3) is 0 Å². The smallest absolute Gasteiger partial charge is 0.362 e. The second-order valence-electron chi connectivity index (χ2n) is 9.08. The van der Waals surface area contributed by atoms with Crippen molar-refractivity contribution in [3.63, 3.8) is 0 Å². The summed E-state index contributed by atoms with van der Waals surface area (Å²) in [5.74, 6) is 1.27. The predicted octanol–water partition coefficient (Wildman–Crippen LogP) is 4.55. The molecule has 3 rings (SSSR count). The highest BCUT2D eigenvalue weighted by Gasteiger charge is 2.55. The van der Waals surface area contributed by atoms with Gasteiger partial charge < -0.3 is 9.84 Å². The molecule has 2 N–H and O–H groups in total. The number of rotatable bonds is 7. The highest BCUT2D eigenvalue weighted by molar-refractivity contribution is 7.86. The summed E-state index contributed by atoms with van der Waals surface area (Å²) in [5.41, 5.74) is 1.34. The van der Waals surface area contributed by atoms with Crippen LogP contribution in [0.5, 0.6) is 0 Å². The van der Waals surface area contributed by atoms with Crippen molar-refractivity contribution >= 4 is 10.1 Å². The Morgan fingerprint density at radius 3 is 2.72 bits per heavy atom. The molecular formula is C21H32F2O5S. The van der Waals surface area contributed by atoms with Gasteiger partial charge in [0, 0.05) is 0 Å². The molecule has 2 fully saturated rings. The Bertz CT molecular complexity index is 763. The van der Waals surface area contributed by atoms with E-state index in [0.29, 0.717) is 11.8 Å². The van der Waals surface area contributed by atoms with E-state index in [-0.39, 0.29) is 23.9 Å². The van der Waals surface area contributed by atoms with Gasteiger partial charge in [0.1, 0.15) is 0 Å². The van der Waals surface area contributed by atoms with E-state index in [1.807, 2.05) is 0 Å². The molecule has 0 aromatic carbocycles. The van der Waals surface area contributed by atoms with Crippen LogP contribution in [0.1, 0.15) is 58.8 Å². The Kier molecular flexibility index (Phi) is 6.59. The fourth-order valence-electron chi connectivity index (χ4n) is 5.67. The zero-order valence-corrected chi connectivity index (χ0v) is 17.9. The van der Waals surface area contributed by atoms with Gasteiger partial charge in [-0.05, 0) is 66.8 Å². The maximum absolute atomic E-state index is 13.6.